The number of nitrogens with zero attached hydrogens (tertiary/aromatic N) is 3. The van der Waals surface area contributed by atoms with Crippen molar-refractivity contribution in [3.05, 3.63) is 70.7 Å². The Kier molecular flexibility index (Phi) is 5.53. The number of hydrogen-bond acceptors (Lipinski definition) is 5. The molecule has 4 rings (SSSR count). The zero-order chi connectivity index (χ0) is 20.6. The minimum absolute atomic E-state index is 0.0884. The van der Waals surface area contributed by atoms with Crippen LogP contribution in [0.25, 0.3) is 0 Å². The Morgan fingerprint density at radius 1 is 1.14 bits per heavy atom. The first-order chi connectivity index (χ1) is 13.9. The Morgan fingerprint density at radius 3 is 2.45 bits per heavy atom. The molecule has 1 fully saturated rings. The van der Waals surface area contributed by atoms with Gasteiger partial charge in [0, 0.05) is 10.0 Å². The maximum atomic E-state index is 11.1. The monoisotopic (exact) mass is 433 g/mol. The van der Waals surface area contributed by atoms with Crippen molar-refractivity contribution in [3.8, 4) is 11.5 Å². The first-order valence-corrected chi connectivity index (χ1v) is 10.1. The van der Waals surface area contributed by atoms with Crippen LogP contribution in [0.3, 0.4) is 0 Å². The van der Waals surface area contributed by atoms with E-state index in [2.05, 4.69) is 10.1 Å². The standard InChI is InChI=1S/C21H21Cl2N3O3/c1-13-8-19(27)21(20(13)28,10-26-12-24-11-25-26)17-7-6-16(9-18(17)23)29-15-4-2-14(22)3-5-15/h2-7,9,11-13,19-20,27-28H,8,10H2,1H3/t13-,19-,20-,21+/m0/s1. The van der Waals surface area contributed by atoms with Gasteiger partial charge in [-0.25, -0.2) is 4.98 Å². The lowest BCUT2D eigenvalue weighted by Gasteiger charge is -2.37. The van der Waals surface area contributed by atoms with Gasteiger partial charge in [0.15, 0.2) is 0 Å². The summed E-state index contributed by atoms with van der Waals surface area (Å²) in [5.74, 6) is 1.09. The van der Waals surface area contributed by atoms with E-state index in [1.807, 2.05) is 6.92 Å². The van der Waals surface area contributed by atoms with Crippen LogP contribution in [0.5, 0.6) is 11.5 Å². The van der Waals surface area contributed by atoms with Gasteiger partial charge < -0.3 is 14.9 Å². The van der Waals surface area contributed by atoms with E-state index < -0.39 is 17.6 Å². The molecule has 1 aromatic heterocycles. The molecular formula is C21H21Cl2N3O3. The van der Waals surface area contributed by atoms with Crippen LogP contribution < -0.4 is 4.74 Å². The van der Waals surface area contributed by atoms with Crippen LogP contribution in [0.15, 0.2) is 55.1 Å². The number of aliphatic hydroxyl groups excluding tert-OH is 2. The number of halogens is 2. The van der Waals surface area contributed by atoms with Crippen LogP contribution in [-0.2, 0) is 12.0 Å². The molecule has 0 saturated heterocycles. The molecule has 1 saturated carbocycles. The number of ether oxygens (including phenoxy) is 1. The molecule has 0 spiro atoms. The molecule has 0 radical (unpaired) electrons. The van der Waals surface area contributed by atoms with E-state index in [1.165, 1.54) is 6.33 Å². The topological polar surface area (TPSA) is 80.4 Å². The highest BCUT2D eigenvalue weighted by molar-refractivity contribution is 6.31. The van der Waals surface area contributed by atoms with Crippen LogP contribution >= 0.6 is 23.2 Å². The van der Waals surface area contributed by atoms with E-state index in [-0.39, 0.29) is 12.5 Å². The highest BCUT2D eigenvalue weighted by atomic mass is 35.5. The SMILES string of the molecule is C[C@H]1C[C@H](O)[C@@](Cn2cncn2)(c2ccc(Oc3ccc(Cl)cc3)cc2Cl)[C@H]1O. The van der Waals surface area contributed by atoms with E-state index in [0.29, 0.717) is 33.5 Å². The first-order valence-electron chi connectivity index (χ1n) is 9.32. The van der Waals surface area contributed by atoms with Crippen molar-refractivity contribution in [1.29, 1.82) is 0 Å². The molecule has 2 N–H and O–H groups in total. The summed E-state index contributed by atoms with van der Waals surface area (Å²) in [6.45, 7) is 2.18. The molecule has 6 nitrogen and oxygen atoms in total. The number of aromatic nitrogens is 3. The van der Waals surface area contributed by atoms with Crippen molar-refractivity contribution in [2.75, 3.05) is 0 Å². The zero-order valence-corrected chi connectivity index (χ0v) is 17.3. The van der Waals surface area contributed by atoms with Crippen LogP contribution in [0.4, 0.5) is 0 Å². The van der Waals surface area contributed by atoms with Gasteiger partial charge in [0.05, 0.1) is 24.2 Å². The minimum Gasteiger partial charge on any atom is -0.457 e. The fraction of sp³-hybridized carbons (Fsp3) is 0.333. The Labute approximate surface area is 178 Å². The molecule has 1 aliphatic rings. The molecule has 3 aromatic rings. The molecule has 1 heterocycles. The van der Waals surface area contributed by atoms with Crippen LogP contribution in [0.2, 0.25) is 10.0 Å². The van der Waals surface area contributed by atoms with E-state index in [4.69, 9.17) is 27.9 Å². The van der Waals surface area contributed by atoms with Gasteiger partial charge in [-0.05, 0) is 54.3 Å². The second kappa shape index (κ2) is 7.95. The van der Waals surface area contributed by atoms with E-state index >= 15 is 0 Å². The Morgan fingerprint density at radius 2 is 1.86 bits per heavy atom. The van der Waals surface area contributed by atoms with Gasteiger partial charge in [-0.3, -0.25) is 4.68 Å². The summed E-state index contributed by atoms with van der Waals surface area (Å²) >= 11 is 12.6. The maximum absolute atomic E-state index is 11.1. The molecule has 152 valence electrons. The summed E-state index contributed by atoms with van der Waals surface area (Å²) in [5.41, 5.74) is -0.342. The molecule has 0 aliphatic heterocycles. The lowest BCUT2D eigenvalue weighted by molar-refractivity contribution is 0.0122. The lowest BCUT2D eigenvalue weighted by Crippen LogP contribution is -2.48. The van der Waals surface area contributed by atoms with Gasteiger partial charge in [-0.2, -0.15) is 5.10 Å². The predicted molar refractivity (Wildman–Crippen MR) is 110 cm³/mol. The Bertz CT molecular complexity index is 981. The number of aliphatic hydroxyl groups is 2. The third-order valence-corrected chi connectivity index (χ3v) is 6.20. The van der Waals surface area contributed by atoms with Crippen molar-refractivity contribution in [3.63, 3.8) is 0 Å². The van der Waals surface area contributed by atoms with Crippen LogP contribution in [-0.4, -0.2) is 37.2 Å². The van der Waals surface area contributed by atoms with Crippen molar-refractivity contribution >= 4 is 23.2 Å². The molecule has 29 heavy (non-hydrogen) atoms. The van der Waals surface area contributed by atoms with Gasteiger partial charge >= 0.3 is 0 Å². The summed E-state index contributed by atoms with van der Waals surface area (Å²) in [4.78, 5) is 3.97. The predicted octanol–water partition coefficient (Wildman–Crippen LogP) is 4.08. The second-order valence-corrected chi connectivity index (χ2v) is 8.35. The van der Waals surface area contributed by atoms with Crippen molar-refractivity contribution in [2.45, 2.75) is 37.5 Å². The van der Waals surface area contributed by atoms with Gasteiger partial charge in [-0.15, -0.1) is 0 Å². The quantitative estimate of drug-likeness (QED) is 0.633. The minimum atomic E-state index is -0.997. The summed E-state index contributed by atoms with van der Waals surface area (Å²) in [6.07, 6.45) is 1.89. The lowest BCUT2D eigenvalue weighted by atomic mass is 9.74. The first kappa shape index (κ1) is 20.2. The normalized spacial score (nSPS) is 26.6. The zero-order valence-electron chi connectivity index (χ0n) is 15.7. The van der Waals surface area contributed by atoms with E-state index in [9.17, 15) is 10.2 Å². The highest BCUT2D eigenvalue weighted by Crippen LogP contribution is 2.48. The Balaban J connectivity index is 1.70. The van der Waals surface area contributed by atoms with Crippen LogP contribution in [0.1, 0.15) is 18.9 Å². The third-order valence-electron chi connectivity index (χ3n) is 5.64. The maximum Gasteiger partial charge on any atom is 0.137 e. The highest BCUT2D eigenvalue weighted by Gasteiger charge is 2.55. The second-order valence-electron chi connectivity index (χ2n) is 7.50. The summed E-state index contributed by atoms with van der Waals surface area (Å²) in [6, 6.07) is 12.3. The fourth-order valence-corrected chi connectivity index (χ4v) is 4.65. The van der Waals surface area contributed by atoms with Gasteiger partial charge in [0.1, 0.15) is 24.2 Å². The smallest absolute Gasteiger partial charge is 0.137 e. The molecule has 4 atom stereocenters. The summed E-state index contributed by atoms with van der Waals surface area (Å²) in [5, 5.41) is 27.2. The molecule has 0 bridgehead atoms. The average molecular weight is 434 g/mol. The van der Waals surface area contributed by atoms with Crippen LogP contribution in [0, 0.1) is 5.92 Å². The van der Waals surface area contributed by atoms with E-state index in [0.717, 1.165) is 0 Å². The molecule has 0 amide bonds. The van der Waals surface area contributed by atoms with Crippen molar-refractivity contribution in [1.82, 2.24) is 14.8 Å². The van der Waals surface area contributed by atoms with Gasteiger partial charge in [0.2, 0.25) is 0 Å². The number of rotatable bonds is 5. The summed E-state index contributed by atoms with van der Waals surface area (Å²) < 4.78 is 7.46. The van der Waals surface area contributed by atoms with Gasteiger partial charge in [-0.1, -0.05) is 36.2 Å². The molecular weight excluding hydrogens is 413 g/mol. The molecule has 0 unspecified atom stereocenters. The number of hydrogen-bond donors (Lipinski definition) is 2. The van der Waals surface area contributed by atoms with Crippen molar-refractivity contribution in [2.24, 2.45) is 5.92 Å². The average Bonchev–Trinajstić information content (AvgIpc) is 3.27. The largest absolute Gasteiger partial charge is 0.457 e. The molecule has 8 heteroatoms. The number of benzene rings is 2. The summed E-state index contributed by atoms with van der Waals surface area (Å²) in [7, 11) is 0. The fourth-order valence-electron chi connectivity index (χ4n) is 4.18. The Hall–Kier alpha value is -2.12. The van der Waals surface area contributed by atoms with E-state index in [1.54, 1.807) is 53.5 Å². The van der Waals surface area contributed by atoms with Crippen molar-refractivity contribution < 1.29 is 14.9 Å². The third kappa shape index (κ3) is 3.73. The van der Waals surface area contributed by atoms with Gasteiger partial charge in [0.25, 0.3) is 0 Å². The molecule has 1 aliphatic carbocycles. The molecule has 2 aromatic carbocycles.